The van der Waals surface area contributed by atoms with Crippen molar-refractivity contribution in [3.63, 3.8) is 0 Å². The van der Waals surface area contributed by atoms with Crippen molar-refractivity contribution >= 4 is 5.69 Å². The molecule has 0 aromatic heterocycles. The van der Waals surface area contributed by atoms with Crippen molar-refractivity contribution in [3.8, 4) is 6.07 Å². The molecule has 2 heteroatoms. The lowest BCUT2D eigenvalue weighted by Crippen LogP contribution is -2.01. The molecule has 2 nitrogen and oxygen atoms in total. The molecule has 1 atom stereocenters. The van der Waals surface area contributed by atoms with E-state index in [0.29, 0.717) is 6.04 Å². The molecule has 1 unspecified atom stereocenters. The zero-order chi connectivity index (χ0) is 10.3. The minimum atomic E-state index is 0.134. The van der Waals surface area contributed by atoms with E-state index in [9.17, 15) is 0 Å². The van der Waals surface area contributed by atoms with E-state index in [2.05, 4.69) is 29.6 Å². The van der Waals surface area contributed by atoms with Gasteiger partial charge in [-0.1, -0.05) is 6.07 Å². The Morgan fingerprint density at radius 3 is 2.87 bits per heavy atom. The second-order valence-electron chi connectivity index (χ2n) is 4.55. The Labute approximate surface area is 89.9 Å². The van der Waals surface area contributed by atoms with Gasteiger partial charge in [0.15, 0.2) is 0 Å². The lowest BCUT2D eigenvalue weighted by molar-refractivity contribution is 0.826. The molecule has 0 radical (unpaired) electrons. The maximum atomic E-state index is 8.97. The highest BCUT2D eigenvalue weighted by molar-refractivity contribution is 5.53. The van der Waals surface area contributed by atoms with Crippen molar-refractivity contribution in [2.75, 3.05) is 5.32 Å². The zero-order valence-corrected chi connectivity index (χ0v) is 8.66. The summed E-state index contributed by atoms with van der Waals surface area (Å²) in [7, 11) is 0. The van der Waals surface area contributed by atoms with Crippen LogP contribution in [0.4, 0.5) is 5.69 Å². The molecule has 3 rings (SSSR count). The standard InChI is InChI=1S/C13H14N2/c14-8-10-2-1-9-7-12(5-6-13(9)10)15-11-3-4-11/h5-7,10-11,15H,1-4H2. The van der Waals surface area contributed by atoms with Crippen LogP contribution in [0.1, 0.15) is 36.3 Å². The summed E-state index contributed by atoms with van der Waals surface area (Å²) >= 11 is 0. The van der Waals surface area contributed by atoms with Gasteiger partial charge >= 0.3 is 0 Å². The maximum Gasteiger partial charge on any atom is 0.0718 e. The Morgan fingerprint density at radius 1 is 1.27 bits per heavy atom. The molecule has 0 aliphatic heterocycles. The Kier molecular flexibility index (Phi) is 1.92. The van der Waals surface area contributed by atoms with Gasteiger partial charge in [0, 0.05) is 11.7 Å². The monoisotopic (exact) mass is 198 g/mol. The fourth-order valence-corrected chi connectivity index (χ4v) is 2.30. The normalized spacial score (nSPS) is 23.3. The molecule has 1 N–H and O–H groups in total. The zero-order valence-electron chi connectivity index (χ0n) is 8.66. The number of hydrogen-bond acceptors (Lipinski definition) is 2. The Bertz CT molecular complexity index is 427. The van der Waals surface area contributed by atoms with Crippen molar-refractivity contribution < 1.29 is 0 Å². The average Bonchev–Trinajstić information content (AvgIpc) is 2.97. The third kappa shape index (κ3) is 1.59. The molecular formula is C13H14N2. The number of anilines is 1. The van der Waals surface area contributed by atoms with Gasteiger partial charge < -0.3 is 5.32 Å². The van der Waals surface area contributed by atoms with Crippen LogP contribution in [-0.4, -0.2) is 6.04 Å². The molecule has 0 bridgehead atoms. The summed E-state index contributed by atoms with van der Waals surface area (Å²) < 4.78 is 0. The van der Waals surface area contributed by atoms with Crippen LogP contribution < -0.4 is 5.32 Å². The van der Waals surface area contributed by atoms with Crippen molar-refractivity contribution in [2.24, 2.45) is 0 Å². The molecule has 76 valence electrons. The van der Waals surface area contributed by atoms with E-state index in [1.807, 2.05) is 0 Å². The lowest BCUT2D eigenvalue weighted by atomic mass is 10.0. The molecule has 0 saturated heterocycles. The number of nitriles is 1. The van der Waals surface area contributed by atoms with Gasteiger partial charge in [-0.05, 0) is 48.9 Å². The van der Waals surface area contributed by atoms with Crippen molar-refractivity contribution in [1.29, 1.82) is 5.26 Å². The predicted octanol–water partition coefficient (Wildman–Crippen LogP) is 2.81. The molecule has 2 aliphatic carbocycles. The molecule has 15 heavy (non-hydrogen) atoms. The molecule has 1 aromatic carbocycles. The lowest BCUT2D eigenvalue weighted by Gasteiger charge is -2.07. The van der Waals surface area contributed by atoms with E-state index in [0.717, 1.165) is 12.8 Å². The first-order valence-corrected chi connectivity index (χ1v) is 5.66. The first-order chi connectivity index (χ1) is 7.36. The summed E-state index contributed by atoms with van der Waals surface area (Å²) in [6.45, 7) is 0. The fourth-order valence-electron chi connectivity index (χ4n) is 2.30. The average molecular weight is 198 g/mol. The van der Waals surface area contributed by atoms with Gasteiger partial charge in [0.1, 0.15) is 0 Å². The van der Waals surface area contributed by atoms with Crippen molar-refractivity contribution in [1.82, 2.24) is 0 Å². The van der Waals surface area contributed by atoms with Gasteiger partial charge in [-0.3, -0.25) is 0 Å². The predicted molar refractivity (Wildman–Crippen MR) is 59.8 cm³/mol. The minimum absolute atomic E-state index is 0.134. The van der Waals surface area contributed by atoms with Crippen LogP contribution in [0.2, 0.25) is 0 Å². The van der Waals surface area contributed by atoms with Crippen LogP contribution >= 0.6 is 0 Å². The molecule has 0 amide bonds. The number of aryl methyl sites for hydroxylation is 1. The molecule has 1 fully saturated rings. The molecular weight excluding hydrogens is 184 g/mol. The van der Waals surface area contributed by atoms with Crippen LogP contribution in [-0.2, 0) is 6.42 Å². The summed E-state index contributed by atoms with van der Waals surface area (Å²) in [5.74, 6) is 0.134. The molecule has 0 heterocycles. The van der Waals surface area contributed by atoms with Crippen LogP contribution in [0.15, 0.2) is 18.2 Å². The smallest absolute Gasteiger partial charge is 0.0718 e. The first kappa shape index (κ1) is 8.79. The van der Waals surface area contributed by atoms with Crippen LogP contribution in [0.3, 0.4) is 0 Å². The van der Waals surface area contributed by atoms with E-state index in [4.69, 9.17) is 5.26 Å². The molecule has 1 aromatic rings. The SMILES string of the molecule is N#CC1CCc2cc(NC3CC3)ccc21. The van der Waals surface area contributed by atoms with E-state index in [1.165, 1.54) is 29.7 Å². The number of fused-ring (bicyclic) bond motifs is 1. The Morgan fingerprint density at radius 2 is 2.13 bits per heavy atom. The number of nitrogens with zero attached hydrogens (tertiary/aromatic N) is 1. The molecule has 0 spiro atoms. The van der Waals surface area contributed by atoms with Gasteiger partial charge in [0.25, 0.3) is 0 Å². The maximum absolute atomic E-state index is 8.97. The first-order valence-electron chi connectivity index (χ1n) is 5.66. The summed E-state index contributed by atoms with van der Waals surface area (Å²) in [4.78, 5) is 0. The minimum Gasteiger partial charge on any atom is -0.382 e. The van der Waals surface area contributed by atoms with Gasteiger partial charge in [0.05, 0.1) is 12.0 Å². The van der Waals surface area contributed by atoms with Gasteiger partial charge in [-0.2, -0.15) is 5.26 Å². The highest BCUT2D eigenvalue weighted by Crippen LogP contribution is 2.35. The second kappa shape index (κ2) is 3.27. The largest absolute Gasteiger partial charge is 0.382 e. The number of rotatable bonds is 2. The van der Waals surface area contributed by atoms with Gasteiger partial charge in [-0.25, -0.2) is 0 Å². The number of nitrogens with one attached hydrogen (secondary N) is 1. The van der Waals surface area contributed by atoms with Crippen molar-refractivity contribution in [3.05, 3.63) is 29.3 Å². The fraction of sp³-hybridized carbons (Fsp3) is 0.462. The van der Waals surface area contributed by atoms with E-state index >= 15 is 0 Å². The molecule has 1 saturated carbocycles. The summed E-state index contributed by atoms with van der Waals surface area (Å²) in [6.07, 6.45) is 4.67. The third-order valence-corrected chi connectivity index (χ3v) is 3.32. The third-order valence-electron chi connectivity index (χ3n) is 3.32. The summed E-state index contributed by atoms with van der Waals surface area (Å²) in [5, 5.41) is 12.5. The Hall–Kier alpha value is -1.49. The van der Waals surface area contributed by atoms with E-state index in [1.54, 1.807) is 0 Å². The van der Waals surface area contributed by atoms with Crippen LogP contribution in [0.5, 0.6) is 0 Å². The second-order valence-corrected chi connectivity index (χ2v) is 4.55. The number of benzene rings is 1. The van der Waals surface area contributed by atoms with Crippen LogP contribution in [0, 0.1) is 11.3 Å². The van der Waals surface area contributed by atoms with E-state index in [-0.39, 0.29) is 5.92 Å². The summed E-state index contributed by atoms with van der Waals surface area (Å²) in [6, 6.07) is 9.55. The quantitative estimate of drug-likeness (QED) is 0.793. The molecule has 2 aliphatic rings. The van der Waals surface area contributed by atoms with Crippen LogP contribution in [0.25, 0.3) is 0 Å². The van der Waals surface area contributed by atoms with Crippen molar-refractivity contribution in [2.45, 2.75) is 37.6 Å². The summed E-state index contributed by atoms with van der Waals surface area (Å²) in [5.41, 5.74) is 3.85. The van der Waals surface area contributed by atoms with Gasteiger partial charge in [-0.15, -0.1) is 0 Å². The highest BCUT2D eigenvalue weighted by Gasteiger charge is 2.24. The Balaban J connectivity index is 1.87. The topological polar surface area (TPSA) is 35.8 Å². The number of hydrogen-bond donors (Lipinski definition) is 1. The van der Waals surface area contributed by atoms with E-state index < -0.39 is 0 Å². The van der Waals surface area contributed by atoms with Gasteiger partial charge in [0.2, 0.25) is 0 Å². The highest BCUT2D eigenvalue weighted by atomic mass is 14.9.